The number of anilines is 1. The van der Waals surface area contributed by atoms with Crippen molar-refractivity contribution in [1.82, 2.24) is 4.57 Å². The molecule has 23 heavy (non-hydrogen) atoms. The Hall–Kier alpha value is -2.74. The first-order valence-corrected chi connectivity index (χ1v) is 7.77. The van der Waals surface area contributed by atoms with Gasteiger partial charge in [-0.2, -0.15) is 5.26 Å². The maximum absolute atomic E-state index is 12.9. The second-order valence-corrected chi connectivity index (χ2v) is 5.72. The molecular formula is C18H19N3O2. The summed E-state index contributed by atoms with van der Waals surface area (Å²) in [6.07, 6.45) is 3.91. The number of carbonyl (C=O) groups excluding carboxylic acids is 1. The number of aromatic nitrogens is 1. The van der Waals surface area contributed by atoms with E-state index in [9.17, 15) is 10.1 Å². The van der Waals surface area contributed by atoms with Crippen LogP contribution in [-0.4, -0.2) is 17.5 Å². The monoisotopic (exact) mass is 309 g/mol. The van der Waals surface area contributed by atoms with Crippen LogP contribution in [0.2, 0.25) is 0 Å². The lowest BCUT2D eigenvalue weighted by molar-refractivity contribution is 0.103. The van der Waals surface area contributed by atoms with Crippen molar-refractivity contribution < 1.29 is 9.53 Å². The highest BCUT2D eigenvalue weighted by Gasteiger charge is 2.27. The van der Waals surface area contributed by atoms with E-state index in [-0.39, 0.29) is 5.78 Å². The summed E-state index contributed by atoms with van der Waals surface area (Å²) in [5, 5.41) is 9.43. The normalized spacial score (nSPS) is 13.7. The standard InChI is InChI=1S/C18H19N3O2/c1-23-13-8-6-12(7-9-13)18(22)17-16(20)14(11-19)15-5-3-2-4-10-21(15)17/h6-9H,2-5,10,20H2,1H3. The van der Waals surface area contributed by atoms with Crippen molar-refractivity contribution in [2.75, 3.05) is 12.8 Å². The van der Waals surface area contributed by atoms with E-state index in [2.05, 4.69) is 6.07 Å². The van der Waals surface area contributed by atoms with Crippen LogP contribution in [0.5, 0.6) is 5.75 Å². The van der Waals surface area contributed by atoms with Gasteiger partial charge in [0.15, 0.2) is 0 Å². The number of benzene rings is 1. The molecular weight excluding hydrogens is 290 g/mol. The average molecular weight is 309 g/mol. The van der Waals surface area contributed by atoms with Crippen LogP contribution in [0, 0.1) is 11.3 Å². The Balaban J connectivity index is 2.09. The number of ether oxygens (including phenoxy) is 1. The minimum Gasteiger partial charge on any atom is -0.497 e. The number of nitrogen functional groups attached to an aromatic ring is 1. The van der Waals surface area contributed by atoms with Gasteiger partial charge in [0.1, 0.15) is 17.5 Å². The van der Waals surface area contributed by atoms with Crippen LogP contribution in [0.4, 0.5) is 5.69 Å². The van der Waals surface area contributed by atoms with Crippen LogP contribution in [0.3, 0.4) is 0 Å². The largest absolute Gasteiger partial charge is 0.497 e. The number of rotatable bonds is 3. The van der Waals surface area contributed by atoms with E-state index in [4.69, 9.17) is 10.5 Å². The molecule has 0 atom stereocenters. The van der Waals surface area contributed by atoms with Gasteiger partial charge >= 0.3 is 0 Å². The average Bonchev–Trinajstić information content (AvgIpc) is 2.71. The van der Waals surface area contributed by atoms with Gasteiger partial charge in [0.25, 0.3) is 0 Å². The third-order valence-corrected chi connectivity index (χ3v) is 4.38. The van der Waals surface area contributed by atoms with Crippen molar-refractivity contribution >= 4 is 11.5 Å². The van der Waals surface area contributed by atoms with E-state index >= 15 is 0 Å². The highest BCUT2D eigenvalue weighted by molar-refractivity contribution is 6.12. The molecule has 2 heterocycles. The zero-order valence-corrected chi connectivity index (χ0v) is 13.1. The molecule has 5 nitrogen and oxygen atoms in total. The molecule has 0 bridgehead atoms. The van der Waals surface area contributed by atoms with Crippen LogP contribution < -0.4 is 10.5 Å². The molecule has 1 aromatic carbocycles. The summed E-state index contributed by atoms with van der Waals surface area (Å²) < 4.78 is 7.07. The van der Waals surface area contributed by atoms with E-state index in [1.165, 1.54) is 0 Å². The number of methoxy groups -OCH3 is 1. The summed E-state index contributed by atoms with van der Waals surface area (Å²) in [5.41, 5.74) is 8.82. The third kappa shape index (κ3) is 2.57. The molecule has 0 aliphatic carbocycles. The zero-order chi connectivity index (χ0) is 16.4. The number of fused-ring (bicyclic) bond motifs is 1. The van der Waals surface area contributed by atoms with Crippen LogP contribution >= 0.6 is 0 Å². The Morgan fingerprint density at radius 2 is 2.00 bits per heavy atom. The minimum atomic E-state index is -0.144. The van der Waals surface area contributed by atoms with Gasteiger partial charge in [-0.3, -0.25) is 4.79 Å². The summed E-state index contributed by atoms with van der Waals surface area (Å²) in [5.74, 6) is 0.552. The molecule has 0 amide bonds. The van der Waals surface area contributed by atoms with Crippen LogP contribution in [0.1, 0.15) is 46.6 Å². The van der Waals surface area contributed by atoms with Crippen molar-refractivity contribution in [3.63, 3.8) is 0 Å². The molecule has 118 valence electrons. The molecule has 2 N–H and O–H groups in total. The highest BCUT2D eigenvalue weighted by atomic mass is 16.5. The Bertz CT molecular complexity index is 782. The lowest BCUT2D eigenvalue weighted by Crippen LogP contribution is -2.13. The fourth-order valence-corrected chi connectivity index (χ4v) is 3.18. The Labute approximate surface area is 135 Å². The van der Waals surface area contributed by atoms with E-state index in [0.717, 1.165) is 37.9 Å². The second-order valence-electron chi connectivity index (χ2n) is 5.72. The fraction of sp³-hybridized carbons (Fsp3) is 0.333. The Morgan fingerprint density at radius 3 is 2.65 bits per heavy atom. The number of ketones is 1. The molecule has 2 aromatic rings. The Kier molecular flexibility index (Phi) is 4.07. The molecule has 0 saturated carbocycles. The van der Waals surface area contributed by atoms with E-state index in [0.29, 0.717) is 28.3 Å². The number of nitrogens with two attached hydrogens (primary N) is 1. The molecule has 0 radical (unpaired) electrons. The number of hydrogen-bond donors (Lipinski definition) is 1. The Morgan fingerprint density at radius 1 is 1.26 bits per heavy atom. The first-order valence-electron chi connectivity index (χ1n) is 7.77. The van der Waals surface area contributed by atoms with Crippen LogP contribution in [0.25, 0.3) is 0 Å². The van der Waals surface area contributed by atoms with Crippen molar-refractivity contribution in [2.24, 2.45) is 0 Å². The molecule has 0 spiro atoms. The molecule has 1 aromatic heterocycles. The van der Waals surface area contributed by atoms with Gasteiger partial charge in [0, 0.05) is 17.8 Å². The van der Waals surface area contributed by atoms with Gasteiger partial charge in [-0.15, -0.1) is 0 Å². The molecule has 5 heteroatoms. The summed E-state index contributed by atoms with van der Waals surface area (Å²) >= 11 is 0. The van der Waals surface area contributed by atoms with Crippen molar-refractivity contribution in [1.29, 1.82) is 5.26 Å². The molecule has 0 fully saturated rings. The maximum atomic E-state index is 12.9. The second kappa shape index (κ2) is 6.17. The van der Waals surface area contributed by atoms with Crippen molar-refractivity contribution in [3.8, 4) is 11.8 Å². The fourth-order valence-electron chi connectivity index (χ4n) is 3.18. The van der Waals surface area contributed by atoms with Crippen LogP contribution in [0.15, 0.2) is 24.3 Å². The maximum Gasteiger partial charge on any atom is 0.211 e. The molecule has 1 aliphatic heterocycles. The highest BCUT2D eigenvalue weighted by Crippen LogP contribution is 2.31. The smallest absolute Gasteiger partial charge is 0.211 e. The summed E-state index contributed by atoms with van der Waals surface area (Å²) in [4.78, 5) is 12.9. The number of carbonyl (C=O) groups is 1. The van der Waals surface area contributed by atoms with Gasteiger partial charge in [0.2, 0.25) is 5.78 Å². The SMILES string of the molecule is COc1ccc(C(=O)c2c(N)c(C#N)c3n2CCCCC3)cc1. The van der Waals surface area contributed by atoms with Crippen LogP contribution in [-0.2, 0) is 13.0 Å². The topological polar surface area (TPSA) is 81.0 Å². The summed E-state index contributed by atoms with van der Waals surface area (Å²) in [6, 6.07) is 9.13. The summed E-state index contributed by atoms with van der Waals surface area (Å²) in [6.45, 7) is 0.735. The zero-order valence-electron chi connectivity index (χ0n) is 13.1. The van der Waals surface area contributed by atoms with Crippen molar-refractivity contribution in [2.45, 2.75) is 32.2 Å². The van der Waals surface area contributed by atoms with Gasteiger partial charge in [0.05, 0.1) is 18.4 Å². The van der Waals surface area contributed by atoms with Gasteiger partial charge in [-0.25, -0.2) is 0 Å². The van der Waals surface area contributed by atoms with E-state index in [1.807, 2.05) is 4.57 Å². The lowest BCUT2D eigenvalue weighted by Gasteiger charge is -2.10. The molecule has 3 rings (SSSR count). The number of nitriles is 1. The predicted molar refractivity (Wildman–Crippen MR) is 87.5 cm³/mol. The molecule has 0 saturated heterocycles. The molecule has 0 unspecified atom stereocenters. The van der Waals surface area contributed by atoms with Gasteiger partial charge in [-0.05, 0) is 43.5 Å². The van der Waals surface area contributed by atoms with Crippen molar-refractivity contribution in [3.05, 3.63) is 46.8 Å². The van der Waals surface area contributed by atoms with Gasteiger partial charge < -0.3 is 15.0 Å². The van der Waals surface area contributed by atoms with Gasteiger partial charge in [-0.1, -0.05) is 6.42 Å². The minimum absolute atomic E-state index is 0.144. The number of nitrogens with zero attached hydrogens (tertiary/aromatic N) is 2. The number of hydrogen-bond acceptors (Lipinski definition) is 4. The van der Waals surface area contributed by atoms with E-state index < -0.39 is 0 Å². The van der Waals surface area contributed by atoms with E-state index in [1.54, 1.807) is 31.4 Å². The summed E-state index contributed by atoms with van der Waals surface area (Å²) in [7, 11) is 1.58. The molecule has 1 aliphatic rings. The predicted octanol–water partition coefficient (Wildman–Crippen LogP) is 2.91. The lowest BCUT2D eigenvalue weighted by atomic mass is 10.1. The first-order chi connectivity index (χ1) is 11.2. The third-order valence-electron chi connectivity index (χ3n) is 4.38. The quantitative estimate of drug-likeness (QED) is 0.884. The first kappa shape index (κ1) is 15.2.